The number of ether oxygens (including phenoxy) is 1. The van der Waals surface area contributed by atoms with E-state index in [9.17, 15) is 18.0 Å². The Labute approximate surface area is 170 Å². The van der Waals surface area contributed by atoms with E-state index in [0.29, 0.717) is 24.5 Å². The summed E-state index contributed by atoms with van der Waals surface area (Å²) < 4.78 is 33.6. The maximum Gasteiger partial charge on any atom is 0.271 e. The Bertz CT molecular complexity index is 1020. The minimum atomic E-state index is -3.90. The summed E-state index contributed by atoms with van der Waals surface area (Å²) in [5.41, 5.74) is -0.228. The van der Waals surface area contributed by atoms with Crippen molar-refractivity contribution in [1.82, 2.24) is 8.87 Å². The zero-order valence-electron chi connectivity index (χ0n) is 16.3. The van der Waals surface area contributed by atoms with Gasteiger partial charge in [0.2, 0.25) is 15.9 Å². The van der Waals surface area contributed by atoms with E-state index in [4.69, 9.17) is 4.74 Å². The number of aromatic nitrogens is 1. The van der Waals surface area contributed by atoms with Crippen LogP contribution in [0.4, 0.5) is 5.69 Å². The number of para-hydroxylation sites is 2. The van der Waals surface area contributed by atoms with Crippen LogP contribution in [0.25, 0.3) is 0 Å². The highest BCUT2D eigenvalue weighted by Gasteiger charge is 2.28. The van der Waals surface area contributed by atoms with E-state index in [-0.39, 0.29) is 11.4 Å². The Balaban J connectivity index is 1.81. The van der Waals surface area contributed by atoms with Crippen molar-refractivity contribution in [3.8, 4) is 5.75 Å². The van der Waals surface area contributed by atoms with E-state index in [1.165, 1.54) is 29.7 Å². The van der Waals surface area contributed by atoms with Crippen molar-refractivity contribution in [3.63, 3.8) is 0 Å². The number of methoxy groups -OCH3 is 1. The van der Waals surface area contributed by atoms with Crippen molar-refractivity contribution < 1.29 is 17.9 Å². The largest absolute Gasteiger partial charge is 0.495 e. The highest BCUT2D eigenvalue weighted by Crippen LogP contribution is 2.23. The van der Waals surface area contributed by atoms with Gasteiger partial charge in [0.15, 0.2) is 0 Å². The van der Waals surface area contributed by atoms with Crippen molar-refractivity contribution >= 4 is 21.6 Å². The molecule has 0 aliphatic carbocycles. The van der Waals surface area contributed by atoms with E-state index < -0.39 is 21.5 Å². The number of benzene rings is 1. The van der Waals surface area contributed by atoms with Crippen LogP contribution in [0, 0.1) is 0 Å². The number of hydrogen-bond acceptors (Lipinski definition) is 5. The molecule has 1 N–H and O–H groups in total. The van der Waals surface area contributed by atoms with Gasteiger partial charge in [-0.15, -0.1) is 0 Å². The monoisotopic (exact) mass is 419 g/mol. The van der Waals surface area contributed by atoms with Crippen LogP contribution in [0.5, 0.6) is 5.75 Å². The summed E-state index contributed by atoms with van der Waals surface area (Å²) in [6, 6.07) is 9.68. The average molecular weight is 420 g/mol. The van der Waals surface area contributed by atoms with Gasteiger partial charge >= 0.3 is 0 Å². The molecule has 0 spiro atoms. The molecule has 1 aromatic carbocycles. The Morgan fingerprint density at radius 1 is 1.07 bits per heavy atom. The van der Waals surface area contributed by atoms with E-state index in [1.807, 2.05) is 0 Å². The fourth-order valence-electron chi connectivity index (χ4n) is 3.35. The first-order valence-corrected chi connectivity index (χ1v) is 11.0. The highest BCUT2D eigenvalue weighted by molar-refractivity contribution is 7.89. The van der Waals surface area contributed by atoms with Gasteiger partial charge in [0, 0.05) is 19.3 Å². The zero-order chi connectivity index (χ0) is 20.9. The normalized spacial score (nSPS) is 15.5. The molecule has 1 aromatic heterocycles. The van der Waals surface area contributed by atoms with Gasteiger partial charge in [0.05, 0.1) is 12.8 Å². The number of carbonyl (C=O) groups is 1. The first-order chi connectivity index (χ1) is 13.9. The lowest BCUT2D eigenvalue weighted by Crippen LogP contribution is -2.37. The number of anilines is 1. The molecule has 1 amide bonds. The second-order valence-electron chi connectivity index (χ2n) is 6.87. The van der Waals surface area contributed by atoms with Crippen molar-refractivity contribution in [1.29, 1.82) is 0 Å². The first kappa shape index (κ1) is 21.1. The predicted octanol–water partition coefficient (Wildman–Crippen LogP) is 2.06. The molecule has 0 radical (unpaired) electrons. The van der Waals surface area contributed by atoms with Crippen LogP contribution < -0.4 is 15.6 Å². The molecular weight excluding hydrogens is 394 g/mol. The number of rotatable bonds is 6. The van der Waals surface area contributed by atoms with Gasteiger partial charge in [-0.25, -0.2) is 8.42 Å². The molecule has 0 saturated carbocycles. The lowest BCUT2D eigenvalue weighted by Gasteiger charge is -2.20. The number of sulfonamides is 1. The molecule has 1 fully saturated rings. The van der Waals surface area contributed by atoms with Crippen molar-refractivity contribution in [2.24, 2.45) is 0 Å². The lowest BCUT2D eigenvalue weighted by atomic mass is 10.2. The van der Waals surface area contributed by atoms with Gasteiger partial charge in [-0.3, -0.25) is 9.59 Å². The van der Waals surface area contributed by atoms with Crippen LogP contribution in [0.2, 0.25) is 0 Å². The van der Waals surface area contributed by atoms with Crippen LogP contribution in [0.1, 0.15) is 25.7 Å². The molecule has 3 rings (SSSR count). The second kappa shape index (κ2) is 9.23. The number of nitrogens with one attached hydrogen (secondary N) is 1. The van der Waals surface area contributed by atoms with Crippen LogP contribution in [-0.4, -0.2) is 43.4 Å². The Kier molecular flexibility index (Phi) is 6.71. The van der Waals surface area contributed by atoms with Crippen molar-refractivity contribution in [3.05, 3.63) is 52.9 Å². The third-order valence-corrected chi connectivity index (χ3v) is 6.77. The fraction of sp³-hybridized carbons (Fsp3) is 0.400. The molecule has 9 heteroatoms. The Morgan fingerprint density at radius 3 is 2.45 bits per heavy atom. The molecule has 29 heavy (non-hydrogen) atoms. The van der Waals surface area contributed by atoms with Gasteiger partial charge in [-0.2, -0.15) is 4.31 Å². The van der Waals surface area contributed by atoms with Gasteiger partial charge in [0.1, 0.15) is 17.2 Å². The molecule has 2 aromatic rings. The molecule has 0 unspecified atom stereocenters. The van der Waals surface area contributed by atoms with E-state index >= 15 is 0 Å². The maximum absolute atomic E-state index is 13.0. The number of nitrogens with zero attached hydrogens (tertiary/aromatic N) is 2. The topological polar surface area (TPSA) is 97.7 Å². The summed E-state index contributed by atoms with van der Waals surface area (Å²) in [4.78, 5) is 24.9. The summed E-state index contributed by atoms with van der Waals surface area (Å²) in [5, 5.41) is 2.68. The van der Waals surface area contributed by atoms with E-state index in [1.54, 1.807) is 24.3 Å². The molecule has 156 valence electrons. The number of pyridine rings is 1. The van der Waals surface area contributed by atoms with Crippen LogP contribution in [0.15, 0.2) is 52.3 Å². The van der Waals surface area contributed by atoms with Gasteiger partial charge in [0.25, 0.3) is 5.56 Å². The molecule has 2 heterocycles. The van der Waals surface area contributed by atoms with E-state index in [2.05, 4.69) is 5.32 Å². The van der Waals surface area contributed by atoms with Gasteiger partial charge in [-0.05, 0) is 37.1 Å². The standard InChI is InChI=1S/C20H25N3O5S/c1-28-17-10-5-4-9-16(17)21-19(24)15-22-12-8-11-18(20(22)25)29(26,27)23-13-6-2-3-7-14-23/h4-5,8-12H,2-3,6-7,13-15H2,1H3,(H,21,24). The molecular formula is C20H25N3O5S. The van der Waals surface area contributed by atoms with Gasteiger partial charge < -0.3 is 14.6 Å². The number of hydrogen-bond donors (Lipinski definition) is 1. The van der Waals surface area contributed by atoms with Gasteiger partial charge in [-0.1, -0.05) is 25.0 Å². The summed E-state index contributed by atoms with van der Waals surface area (Å²) in [6.07, 6.45) is 4.93. The molecule has 1 aliphatic heterocycles. The Hall–Kier alpha value is -2.65. The fourth-order valence-corrected chi connectivity index (χ4v) is 4.95. The highest BCUT2D eigenvalue weighted by atomic mass is 32.2. The van der Waals surface area contributed by atoms with Crippen LogP contribution >= 0.6 is 0 Å². The maximum atomic E-state index is 13.0. The zero-order valence-corrected chi connectivity index (χ0v) is 17.2. The van der Waals surface area contributed by atoms with E-state index in [0.717, 1.165) is 30.3 Å². The summed E-state index contributed by atoms with van der Waals surface area (Å²) >= 11 is 0. The summed E-state index contributed by atoms with van der Waals surface area (Å²) in [7, 11) is -2.40. The third-order valence-electron chi connectivity index (χ3n) is 4.86. The number of carbonyl (C=O) groups excluding carboxylic acids is 1. The summed E-state index contributed by atoms with van der Waals surface area (Å²) in [5.74, 6) is 0.0339. The molecule has 8 nitrogen and oxygen atoms in total. The molecule has 1 saturated heterocycles. The predicted molar refractivity (Wildman–Crippen MR) is 110 cm³/mol. The summed E-state index contributed by atoms with van der Waals surface area (Å²) in [6.45, 7) is 0.510. The van der Waals surface area contributed by atoms with Crippen LogP contribution in [-0.2, 0) is 21.4 Å². The first-order valence-electron chi connectivity index (χ1n) is 9.56. The minimum absolute atomic E-state index is 0.299. The quantitative estimate of drug-likeness (QED) is 0.773. The second-order valence-corrected chi connectivity index (χ2v) is 8.78. The third kappa shape index (κ3) is 4.86. The molecule has 0 atom stereocenters. The van der Waals surface area contributed by atoms with Crippen molar-refractivity contribution in [2.45, 2.75) is 37.1 Å². The number of amides is 1. The van der Waals surface area contributed by atoms with Crippen molar-refractivity contribution in [2.75, 3.05) is 25.5 Å². The SMILES string of the molecule is COc1ccccc1NC(=O)Cn1cccc(S(=O)(=O)N2CCCCCC2)c1=O. The Morgan fingerprint density at radius 2 is 1.76 bits per heavy atom. The minimum Gasteiger partial charge on any atom is -0.495 e. The molecule has 1 aliphatic rings. The molecule has 0 bridgehead atoms. The van der Waals surface area contributed by atoms with Crippen LogP contribution in [0.3, 0.4) is 0 Å². The smallest absolute Gasteiger partial charge is 0.271 e. The average Bonchev–Trinajstić information content (AvgIpc) is 3.00. The lowest BCUT2D eigenvalue weighted by molar-refractivity contribution is -0.116.